The minimum atomic E-state index is -1.08. The van der Waals surface area contributed by atoms with Gasteiger partial charge in [-0.05, 0) is 37.3 Å². The van der Waals surface area contributed by atoms with Gasteiger partial charge in [0, 0.05) is 48.1 Å². The molecule has 3 aromatic heterocycles. The van der Waals surface area contributed by atoms with Crippen LogP contribution in [0.4, 0.5) is 0 Å². The molecule has 0 aliphatic carbocycles. The van der Waals surface area contributed by atoms with Crippen LogP contribution in [0.5, 0.6) is 0 Å². The topological polar surface area (TPSA) is 189 Å². The van der Waals surface area contributed by atoms with Crippen LogP contribution in [0, 0.1) is 0 Å². The maximum atomic E-state index is 11.4. The first-order valence-corrected chi connectivity index (χ1v) is 7.33. The summed E-state index contributed by atoms with van der Waals surface area (Å²) in [7, 11) is 0. The van der Waals surface area contributed by atoms with Crippen molar-refractivity contribution >= 4 is 18.1 Å². The van der Waals surface area contributed by atoms with Gasteiger partial charge in [0.2, 0.25) is 0 Å². The van der Waals surface area contributed by atoms with Gasteiger partial charge in [0.15, 0.2) is 0 Å². The Balaban J connectivity index is -0.000000439. The van der Waals surface area contributed by atoms with Gasteiger partial charge in [0.05, 0.1) is 18.4 Å². The number of carbonyl (C=O) groups excluding carboxylic acids is 2. The Hall–Kier alpha value is -3.40. The van der Waals surface area contributed by atoms with Gasteiger partial charge in [0.25, 0.3) is 0 Å². The molecule has 0 fully saturated rings. The van der Waals surface area contributed by atoms with E-state index in [0.717, 1.165) is 12.5 Å². The zero-order valence-electron chi connectivity index (χ0n) is 15.4. The quantitative estimate of drug-likeness (QED) is 0.238. The standard InChI is InChI=1S/C11H9N3O2.C5H5N.C2H4O2.Ni.2H2O/c15-11(10-1-4-12-5-2-10)14-13-7-9-3-6-16-8-9;1-2-4-6-5-3-1;1-2(3)4;;;/h1-8H,(H,14,15);1-5H;1H3,(H,3,4);;2*1H2/q;;;+2;;/b13-7-;;;;;. The number of pyridine rings is 2. The summed E-state index contributed by atoms with van der Waals surface area (Å²) in [4.78, 5) is 27.9. The predicted molar refractivity (Wildman–Crippen MR) is 103 cm³/mol. The number of aromatic nitrogens is 2. The third-order valence-corrected chi connectivity index (χ3v) is 2.39. The molecule has 0 aliphatic rings. The summed E-state index contributed by atoms with van der Waals surface area (Å²) in [6.45, 7) is 0.972. The number of amides is 1. The Morgan fingerprint density at radius 2 is 1.59 bits per heavy atom. The number of hydrogen-bond donors (Lipinski definition) is 0. The monoisotopic (exact) mass is 448 g/mol. The molecule has 3 aromatic rings. The molecule has 0 saturated carbocycles. The first-order valence-electron chi connectivity index (χ1n) is 7.33. The van der Waals surface area contributed by atoms with Crippen LogP contribution in [0.15, 0.2) is 83.2 Å². The van der Waals surface area contributed by atoms with Crippen LogP contribution >= 0.6 is 0 Å². The van der Waals surface area contributed by atoms with E-state index < -0.39 is 11.9 Å². The molecule has 0 aliphatic heterocycles. The minimum Gasteiger partial charge on any atom is -0.550 e. The molecule has 0 radical (unpaired) electrons. The second-order valence-corrected chi connectivity index (χ2v) is 4.46. The van der Waals surface area contributed by atoms with Gasteiger partial charge >= 0.3 is 16.5 Å². The molecule has 0 unspecified atom stereocenters. The first kappa shape index (κ1) is 30.3. The maximum Gasteiger partial charge on any atom is 2.00 e. The number of rotatable bonds is 3. The van der Waals surface area contributed by atoms with Gasteiger partial charge in [0.1, 0.15) is 0 Å². The average Bonchev–Trinajstić information content (AvgIpc) is 3.17. The molecule has 3 rings (SSSR count). The Bertz CT molecular complexity index is 756. The van der Waals surface area contributed by atoms with E-state index in [9.17, 15) is 4.79 Å². The van der Waals surface area contributed by atoms with Crippen molar-refractivity contribution in [1.82, 2.24) is 9.97 Å². The Kier molecular flexibility index (Phi) is 20.3. The number of furan rings is 1. The fourth-order valence-corrected chi connectivity index (χ4v) is 1.36. The molecule has 158 valence electrons. The van der Waals surface area contributed by atoms with Gasteiger partial charge in [-0.15, -0.1) is 0 Å². The second kappa shape index (κ2) is 19.4. The van der Waals surface area contributed by atoms with Gasteiger partial charge in [-0.2, -0.15) is 0 Å². The zero-order chi connectivity index (χ0) is 19.0. The molecule has 1 amide bonds. The third kappa shape index (κ3) is 16.5. The summed E-state index contributed by atoms with van der Waals surface area (Å²) in [6, 6.07) is 10.6. The zero-order valence-corrected chi connectivity index (χ0v) is 16.4. The fourth-order valence-electron chi connectivity index (χ4n) is 1.36. The van der Waals surface area contributed by atoms with E-state index in [2.05, 4.69) is 20.5 Å². The molecule has 10 nitrogen and oxygen atoms in total. The minimum absolute atomic E-state index is 0. The third-order valence-electron chi connectivity index (χ3n) is 2.39. The number of carboxylic acid groups (broad SMARTS) is 1. The molecule has 0 atom stereocenters. The smallest absolute Gasteiger partial charge is 0.550 e. The Morgan fingerprint density at radius 1 is 1.03 bits per heavy atom. The van der Waals surface area contributed by atoms with Crippen LogP contribution in [0.2, 0.25) is 0 Å². The molecule has 6 N–H and O–H groups in total. The van der Waals surface area contributed by atoms with Gasteiger partial charge in [-0.3, -0.25) is 9.97 Å². The Morgan fingerprint density at radius 3 is 2.00 bits per heavy atom. The van der Waals surface area contributed by atoms with Crippen molar-refractivity contribution in [3.63, 3.8) is 0 Å². The van der Waals surface area contributed by atoms with Gasteiger partial charge in [-0.1, -0.05) is 6.07 Å². The molecule has 3 heterocycles. The predicted octanol–water partition coefficient (Wildman–Crippen LogP) is 0.214. The summed E-state index contributed by atoms with van der Waals surface area (Å²) < 4.78 is 4.83. The van der Waals surface area contributed by atoms with E-state index in [0.29, 0.717) is 5.56 Å². The van der Waals surface area contributed by atoms with E-state index in [1.807, 2.05) is 18.2 Å². The summed E-state index contributed by atoms with van der Waals surface area (Å²) >= 11 is 0. The molecular formula is C18H22N4NiO6+2. The van der Waals surface area contributed by atoms with Crippen molar-refractivity contribution in [2.75, 3.05) is 0 Å². The van der Waals surface area contributed by atoms with Crippen LogP contribution in [0.25, 0.3) is 5.43 Å². The molecule has 0 saturated heterocycles. The van der Waals surface area contributed by atoms with Crippen molar-refractivity contribution in [2.24, 2.45) is 5.10 Å². The number of carbonyl (C=O) groups is 2. The first-order chi connectivity index (χ1) is 12.6. The SMILES string of the molecule is CC(=O)[O-].O=C([N-]/N=C\c1ccoc1)c1ccncc1.[Ni+2].[OH3+].[OH3+].c1ccncc1. The summed E-state index contributed by atoms with van der Waals surface area (Å²) in [6.07, 6.45) is 11.0. The molecular weight excluding hydrogens is 427 g/mol. The van der Waals surface area contributed by atoms with Crippen LogP contribution in [0.1, 0.15) is 22.8 Å². The van der Waals surface area contributed by atoms with E-state index in [4.69, 9.17) is 14.3 Å². The molecule has 0 aromatic carbocycles. The fraction of sp³-hybridized carbons (Fsp3) is 0.0556. The van der Waals surface area contributed by atoms with Crippen molar-refractivity contribution in [3.05, 3.63) is 90.3 Å². The van der Waals surface area contributed by atoms with Crippen molar-refractivity contribution < 1.29 is 46.6 Å². The number of aliphatic carboxylic acids is 1. The van der Waals surface area contributed by atoms with Crippen LogP contribution in [0.3, 0.4) is 0 Å². The molecule has 11 heteroatoms. The second-order valence-electron chi connectivity index (χ2n) is 4.46. The summed E-state index contributed by atoms with van der Waals surface area (Å²) in [5.74, 6) is -1.48. The summed E-state index contributed by atoms with van der Waals surface area (Å²) in [5, 5.41) is 12.5. The number of carboxylic acids is 1. The van der Waals surface area contributed by atoms with Crippen LogP contribution < -0.4 is 5.11 Å². The number of nitrogens with zero attached hydrogens (tertiary/aromatic N) is 4. The van der Waals surface area contributed by atoms with Gasteiger partial charge in [-0.25, -0.2) is 0 Å². The average molecular weight is 449 g/mol. The maximum absolute atomic E-state index is 11.4. The Labute approximate surface area is 177 Å². The largest absolute Gasteiger partial charge is 2.00 e. The molecule has 0 spiro atoms. The van der Waals surface area contributed by atoms with Crippen molar-refractivity contribution in [2.45, 2.75) is 6.92 Å². The molecule has 29 heavy (non-hydrogen) atoms. The van der Waals surface area contributed by atoms with Crippen LogP contribution in [-0.4, -0.2) is 28.1 Å². The normalized spacial score (nSPS) is 8.31. The van der Waals surface area contributed by atoms with Gasteiger partial charge < -0.3 is 40.6 Å². The van der Waals surface area contributed by atoms with E-state index in [1.54, 1.807) is 30.6 Å². The van der Waals surface area contributed by atoms with E-state index >= 15 is 0 Å². The van der Waals surface area contributed by atoms with Crippen molar-refractivity contribution in [1.29, 1.82) is 0 Å². The molecule has 0 bridgehead atoms. The number of hydrogen-bond acceptors (Lipinski definition) is 7. The van der Waals surface area contributed by atoms with E-state index in [-0.39, 0.29) is 27.4 Å². The van der Waals surface area contributed by atoms with Crippen LogP contribution in [-0.2, 0) is 32.2 Å². The summed E-state index contributed by atoms with van der Waals surface area (Å²) in [5.41, 5.74) is 4.74. The van der Waals surface area contributed by atoms with E-state index in [1.165, 1.54) is 31.1 Å². The van der Waals surface area contributed by atoms with Crippen molar-refractivity contribution in [3.8, 4) is 0 Å².